The summed E-state index contributed by atoms with van der Waals surface area (Å²) in [7, 11) is 7.15. The van der Waals surface area contributed by atoms with Crippen molar-refractivity contribution < 1.29 is 43.7 Å². The molecule has 3 aliphatic heterocycles. The second-order valence-corrected chi connectivity index (χ2v) is 21.0. The Morgan fingerprint density at radius 1 is 1.07 bits per heavy atom. The van der Waals surface area contributed by atoms with E-state index in [1.54, 1.807) is 33.1 Å². The molecule has 0 spiro atoms. The van der Waals surface area contributed by atoms with Gasteiger partial charge >= 0.3 is 5.97 Å². The van der Waals surface area contributed by atoms with E-state index >= 15 is 0 Å². The largest absolute Gasteiger partial charge is 0.508 e. The van der Waals surface area contributed by atoms with Gasteiger partial charge in [-0.1, -0.05) is 46.4 Å². The molecule has 7 rings (SSSR count). The normalized spacial score (nSPS) is 21.5. The maximum atomic E-state index is 14.8. The van der Waals surface area contributed by atoms with Crippen molar-refractivity contribution in [1.82, 2.24) is 40.0 Å². The smallest absolute Gasteiger partial charge is 0.324 e. The predicted molar refractivity (Wildman–Crippen MR) is 270 cm³/mol. The molecule has 4 aromatic rings. The van der Waals surface area contributed by atoms with Gasteiger partial charge in [0.15, 0.2) is 5.60 Å². The summed E-state index contributed by atoms with van der Waals surface area (Å²) in [4.78, 5) is 79.5. The maximum Gasteiger partial charge on any atom is 0.324 e. The average Bonchev–Trinajstić information content (AvgIpc) is 3.88. The molecule has 1 unspecified atom stereocenters. The first kappa shape index (κ1) is 52.7. The minimum Gasteiger partial charge on any atom is -0.508 e. The molecular formula is C54H72N8O9. The number of phenolic OH excluding ortho intramolecular Hbond substituents is 1. The van der Waals surface area contributed by atoms with Crippen molar-refractivity contribution in [2.24, 2.45) is 11.3 Å². The molecule has 4 amide bonds. The van der Waals surface area contributed by atoms with E-state index in [4.69, 9.17) is 14.5 Å². The molecule has 3 aliphatic rings. The Hall–Kier alpha value is -6.14. The number of aromatic hydroxyl groups is 1. The monoisotopic (exact) mass is 977 g/mol. The Kier molecular flexibility index (Phi) is 15.8. The number of hydrogen-bond acceptors (Lipinski definition) is 12. The van der Waals surface area contributed by atoms with Gasteiger partial charge in [0.25, 0.3) is 11.8 Å². The summed E-state index contributed by atoms with van der Waals surface area (Å²) in [6.07, 6.45) is 4.00. The van der Waals surface area contributed by atoms with E-state index in [2.05, 4.69) is 65.8 Å². The number of amides is 4. The zero-order valence-electron chi connectivity index (χ0n) is 43.0. The highest BCUT2D eigenvalue weighted by Crippen LogP contribution is 2.43. The Morgan fingerprint density at radius 3 is 2.49 bits per heavy atom. The molecular weight excluding hydrogens is 905 g/mol. The van der Waals surface area contributed by atoms with Gasteiger partial charge in [-0.05, 0) is 117 Å². The molecule has 0 saturated carbocycles. The lowest BCUT2D eigenvalue weighted by molar-refractivity contribution is -0.156. The third-order valence-electron chi connectivity index (χ3n) is 14.1. The Labute approximate surface area is 417 Å². The van der Waals surface area contributed by atoms with Crippen LogP contribution in [0.25, 0.3) is 33.3 Å². The number of carbonyl (C=O) groups is 5. The number of nitrogens with one attached hydrogen (secondary N) is 2. The van der Waals surface area contributed by atoms with Gasteiger partial charge in [0.1, 0.15) is 23.9 Å². The number of esters is 1. The van der Waals surface area contributed by atoms with Crippen LogP contribution in [0.15, 0.2) is 61.3 Å². The number of β-amino-alcohol motifs (C(OH)–C–C–N with tert-alkyl or cyclic N) is 1. The molecule has 2 aromatic carbocycles. The van der Waals surface area contributed by atoms with Crippen molar-refractivity contribution in [3.63, 3.8) is 0 Å². The number of likely N-dealkylation sites (N-methyl/N-ethyl adjacent to an activating group) is 1. The average molecular weight is 977 g/mol. The molecule has 4 N–H and O–H groups in total. The van der Waals surface area contributed by atoms with E-state index in [1.165, 1.54) is 21.9 Å². The van der Waals surface area contributed by atoms with Crippen molar-refractivity contribution in [2.45, 2.75) is 117 Å². The van der Waals surface area contributed by atoms with Gasteiger partial charge in [0.2, 0.25) is 11.8 Å². The quantitative estimate of drug-likeness (QED) is 0.108. The highest BCUT2D eigenvalue weighted by molar-refractivity contribution is 5.97. The zero-order valence-corrected chi connectivity index (χ0v) is 43.0. The van der Waals surface area contributed by atoms with Gasteiger partial charge in [-0.25, -0.2) is 5.43 Å². The summed E-state index contributed by atoms with van der Waals surface area (Å²) in [5, 5.41) is 28.2. The zero-order chi connectivity index (χ0) is 51.7. The molecule has 17 nitrogen and oxygen atoms in total. The number of methoxy groups -OCH3 is 1. The Balaban J connectivity index is 1.34. The first-order valence-corrected chi connectivity index (χ1v) is 24.7. The highest BCUT2D eigenvalue weighted by atomic mass is 16.5. The van der Waals surface area contributed by atoms with E-state index in [-0.39, 0.29) is 50.9 Å². The molecule has 2 fully saturated rings. The summed E-state index contributed by atoms with van der Waals surface area (Å²) >= 11 is 0. The van der Waals surface area contributed by atoms with E-state index < -0.39 is 64.7 Å². The van der Waals surface area contributed by atoms with Crippen molar-refractivity contribution in [2.75, 3.05) is 54.5 Å². The minimum atomic E-state index is -1.94. The maximum absolute atomic E-state index is 14.8. The molecule has 382 valence electrons. The summed E-state index contributed by atoms with van der Waals surface area (Å²) in [6, 6.07) is 10.3. The van der Waals surface area contributed by atoms with Crippen molar-refractivity contribution in [3.05, 3.63) is 83.7 Å². The summed E-state index contributed by atoms with van der Waals surface area (Å²) in [5.41, 5.74) is 8.43. The number of likely N-dealkylation sites (tertiary alicyclic amines) is 1. The molecule has 0 aliphatic carbocycles. The number of ether oxygens (including phenoxy) is 2. The van der Waals surface area contributed by atoms with Gasteiger partial charge in [-0.15, -0.1) is 0 Å². The second-order valence-electron chi connectivity index (χ2n) is 21.0. The number of aromatic nitrogens is 2. The summed E-state index contributed by atoms with van der Waals surface area (Å²) < 4.78 is 14.4. The third-order valence-corrected chi connectivity index (χ3v) is 14.1. The first-order valence-electron chi connectivity index (χ1n) is 24.7. The van der Waals surface area contributed by atoms with Crippen LogP contribution in [0, 0.1) is 11.3 Å². The van der Waals surface area contributed by atoms with E-state index in [0.29, 0.717) is 43.5 Å². The number of pyridine rings is 1. The number of aryl methyl sites for hydroxylation is 1. The van der Waals surface area contributed by atoms with Gasteiger partial charge in [0.05, 0.1) is 30.6 Å². The fourth-order valence-corrected chi connectivity index (χ4v) is 10.5. The number of phenols is 1. The highest BCUT2D eigenvalue weighted by Gasteiger charge is 2.48. The van der Waals surface area contributed by atoms with Crippen LogP contribution in [-0.2, 0) is 59.4 Å². The third kappa shape index (κ3) is 11.2. The standard InChI is InChI=1S/C54H72N8O9/c1-12-45(64)60-20-18-54(69,30-60)52(68)59(10)47(32(3)4)49(65)56-43-24-34-21-37(25-38(63)22-34)36-16-17-44-39(26-36)41(27-53(6,7)31-71-51(67)42-15-14-19-62(57-42)50(43)66)48(61(44)13-2)40-23-35(29-58(8)9)28-55-46(40)33(5)70-11/h12,16-17,21-23,25-26,28,32-33,42-43,47,57,63,69H,1,13-15,18-20,24,27,29-31H2,2-11H3,(H,56,65)/t33-,42-,43-,47-,54?/m0/s1. The molecule has 6 bridgehead atoms. The number of aliphatic hydroxyl groups is 1. The molecule has 2 saturated heterocycles. The van der Waals surface area contributed by atoms with Crippen LogP contribution < -0.4 is 10.7 Å². The van der Waals surface area contributed by atoms with Gasteiger partial charge in [-0.2, -0.15) is 0 Å². The van der Waals surface area contributed by atoms with E-state index in [9.17, 15) is 34.2 Å². The van der Waals surface area contributed by atoms with Gasteiger partial charge in [-0.3, -0.25) is 34.0 Å². The van der Waals surface area contributed by atoms with Crippen LogP contribution in [0.1, 0.15) is 89.3 Å². The summed E-state index contributed by atoms with van der Waals surface area (Å²) in [5.74, 6) is -3.36. The molecule has 2 aromatic heterocycles. The second kappa shape index (κ2) is 21.3. The number of hydrogen-bond donors (Lipinski definition) is 4. The van der Waals surface area contributed by atoms with Crippen LogP contribution in [0.3, 0.4) is 0 Å². The van der Waals surface area contributed by atoms with Crippen LogP contribution in [-0.4, -0.2) is 147 Å². The van der Waals surface area contributed by atoms with Crippen LogP contribution in [0.4, 0.5) is 0 Å². The number of hydrazine groups is 1. The number of fused-ring (bicyclic) bond motifs is 6. The predicted octanol–water partition coefficient (Wildman–Crippen LogP) is 5.15. The first-order chi connectivity index (χ1) is 33.6. The van der Waals surface area contributed by atoms with E-state index in [0.717, 1.165) is 50.6 Å². The number of carbonyl (C=O) groups excluding carboxylic acids is 5. The van der Waals surface area contributed by atoms with Crippen LogP contribution in [0.5, 0.6) is 5.75 Å². The Bertz CT molecular complexity index is 2700. The lowest BCUT2D eigenvalue weighted by Crippen LogP contribution is -2.63. The molecule has 71 heavy (non-hydrogen) atoms. The topological polar surface area (TPSA) is 199 Å². The fraction of sp³-hybridized carbons (Fsp3) is 0.519. The lowest BCUT2D eigenvalue weighted by Gasteiger charge is -2.37. The fourth-order valence-electron chi connectivity index (χ4n) is 10.5. The van der Waals surface area contributed by atoms with Crippen molar-refractivity contribution in [1.29, 1.82) is 0 Å². The molecule has 5 heterocycles. The minimum absolute atomic E-state index is 0.0261. The number of rotatable bonds is 12. The number of nitrogens with zero attached hydrogens (tertiary/aromatic N) is 6. The van der Waals surface area contributed by atoms with Crippen molar-refractivity contribution in [3.8, 4) is 28.1 Å². The van der Waals surface area contributed by atoms with Gasteiger partial charge in [0, 0.05) is 81.3 Å². The molecule has 17 heteroatoms. The molecule has 5 atom stereocenters. The van der Waals surface area contributed by atoms with Crippen LogP contribution >= 0.6 is 0 Å². The SMILES string of the molecule is C=CC(=O)N1CCC(O)(C(=O)N(C)[C@H](C(=O)N[C@H]2Cc3cc(O)cc(c3)-c3ccc4c(c3)c(c(-c3cc(CN(C)C)cnc3[C@H](C)OC)n4CC)CC(C)(C)COC(=O)[C@@H]3CCCN(N3)C2=O)C(C)C)C1. The lowest BCUT2D eigenvalue weighted by atomic mass is 9.84. The van der Waals surface area contributed by atoms with Gasteiger partial charge < -0.3 is 44.3 Å². The molecule has 0 radical (unpaired) electrons. The number of cyclic esters (lactones) is 1. The number of benzene rings is 2. The van der Waals surface area contributed by atoms with E-state index in [1.807, 2.05) is 39.3 Å². The van der Waals surface area contributed by atoms with Crippen molar-refractivity contribution >= 4 is 40.5 Å². The summed E-state index contributed by atoms with van der Waals surface area (Å²) in [6.45, 7) is 16.8. The van der Waals surface area contributed by atoms with Crippen LogP contribution in [0.2, 0.25) is 0 Å². The Morgan fingerprint density at radius 2 is 1.82 bits per heavy atom.